The van der Waals surface area contributed by atoms with Gasteiger partial charge in [-0.3, -0.25) is 29.4 Å². The van der Waals surface area contributed by atoms with Crippen molar-refractivity contribution in [1.29, 1.82) is 0 Å². The molecule has 0 saturated carbocycles. The molecule has 0 radical (unpaired) electrons. The van der Waals surface area contributed by atoms with E-state index in [1.165, 1.54) is 0 Å². The van der Waals surface area contributed by atoms with Gasteiger partial charge in [0.25, 0.3) is 11.8 Å². The summed E-state index contributed by atoms with van der Waals surface area (Å²) < 4.78 is 5.54. The Labute approximate surface area is 216 Å². The fourth-order valence-corrected chi connectivity index (χ4v) is 5.98. The van der Waals surface area contributed by atoms with Crippen LogP contribution in [0.5, 0.6) is 0 Å². The average Bonchev–Trinajstić information content (AvgIpc) is 3.08. The van der Waals surface area contributed by atoms with Crippen molar-refractivity contribution in [2.75, 3.05) is 31.1 Å². The topological polar surface area (TPSA) is 116 Å². The quantitative estimate of drug-likeness (QED) is 0.608. The van der Waals surface area contributed by atoms with Crippen molar-refractivity contribution < 1.29 is 28.7 Å². The standard InChI is InChI=1S/C27H34N4O6/c1-26(2,3)37-25(36)29-13-10-27(11-14-29)9-4-12-30(16-27)17-5-6-18-19(15-17)24(35)31(23(18)34)20-7-8-21(32)28-22(20)33/h5-6,15,20H,4,7-14,16H2,1-3H3,(H,28,32,33). The van der Waals surface area contributed by atoms with E-state index >= 15 is 0 Å². The number of carbonyl (C=O) groups excluding carboxylic acids is 5. The van der Waals surface area contributed by atoms with Gasteiger partial charge in [0, 0.05) is 38.3 Å². The van der Waals surface area contributed by atoms with Crippen LogP contribution in [0, 0.1) is 5.41 Å². The van der Waals surface area contributed by atoms with Crippen molar-refractivity contribution in [3.05, 3.63) is 29.3 Å². The first kappa shape index (κ1) is 25.2. The molecular formula is C27H34N4O6. The van der Waals surface area contributed by atoms with Gasteiger partial charge in [-0.05, 0) is 76.5 Å². The number of rotatable bonds is 2. The number of fused-ring (bicyclic) bond motifs is 1. The lowest BCUT2D eigenvalue weighted by atomic mass is 9.72. The molecule has 0 aliphatic carbocycles. The number of nitrogens with one attached hydrogen (secondary N) is 1. The van der Waals surface area contributed by atoms with Crippen LogP contribution in [0.4, 0.5) is 10.5 Å². The molecule has 10 nitrogen and oxygen atoms in total. The highest BCUT2D eigenvalue weighted by molar-refractivity contribution is 6.23. The number of imide groups is 2. The van der Waals surface area contributed by atoms with E-state index in [9.17, 15) is 24.0 Å². The SMILES string of the molecule is CC(C)(C)OC(=O)N1CCC2(CCCN(c3ccc4c(c3)C(=O)N(C3CCC(=O)NC3=O)C4=O)C2)CC1. The van der Waals surface area contributed by atoms with Crippen LogP contribution in [0.25, 0.3) is 0 Å². The molecule has 4 aliphatic rings. The summed E-state index contributed by atoms with van der Waals surface area (Å²) in [6.45, 7) is 8.57. The molecule has 37 heavy (non-hydrogen) atoms. The van der Waals surface area contributed by atoms with Crippen molar-refractivity contribution in [2.24, 2.45) is 5.41 Å². The van der Waals surface area contributed by atoms with E-state index in [1.807, 2.05) is 26.8 Å². The number of likely N-dealkylation sites (tertiary alicyclic amines) is 1. The minimum atomic E-state index is -0.970. The Bertz CT molecular complexity index is 1160. The number of anilines is 1. The minimum absolute atomic E-state index is 0.0777. The fourth-order valence-electron chi connectivity index (χ4n) is 5.98. The molecule has 3 saturated heterocycles. The first-order valence-corrected chi connectivity index (χ1v) is 13.0. The Morgan fingerprint density at radius 2 is 1.70 bits per heavy atom. The summed E-state index contributed by atoms with van der Waals surface area (Å²) in [6, 6.07) is 4.33. The second-order valence-corrected chi connectivity index (χ2v) is 11.7. The normalized spacial score (nSPS) is 23.9. The second-order valence-electron chi connectivity index (χ2n) is 11.7. The number of hydrogen-bond acceptors (Lipinski definition) is 7. The lowest BCUT2D eigenvalue weighted by Crippen LogP contribution is -2.54. The average molecular weight is 511 g/mol. The third-order valence-corrected chi connectivity index (χ3v) is 7.93. The first-order chi connectivity index (χ1) is 17.5. The highest BCUT2D eigenvalue weighted by Gasteiger charge is 2.45. The van der Waals surface area contributed by atoms with Gasteiger partial charge < -0.3 is 14.5 Å². The molecule has 4 aliphatic heterocycles. The largest absolute Gasteiger partial charge is 0.444 e. The van der Waals surface area contributed by atoms with Gasteiger partial charge in [0.1, 0.15) is 11.6 Å². The van der Waals surface area contributed by atoms with Crippen molar-refractivity contribution in [3.63, 3.8) is 0 Å². The third kappa shape index (κ3) is 4.81. The smallest absolute Gasteiger partial charge is 0.410 e. The Hall–Kier alpha value is -3.43. The van der Waals surface area contributed by atoms with E-state index < -0.39 is 35.3 Å². The molecule has 1 aromatic carbocycles. The molecule has 4 heterocycles. The molecule has 1 atom stereocenters. The molecule has 1 spiro atoms. The summed E-state index contributed by atoms with van der Waals surface area (Å²) >= 11 is 0. The lowest BCUT2D eigenvalue weighted by Gasteiger charge is -2.48. The first-order valence-electron chi connectivity index (χ1n) is 13.0. The number of carbonyl (C=O) groups is 5. The highest BCUT2D eigenvalue weighted by Crippen LogP contribution is 2.42. The molecule has 1 N–H and O–H groups in total. The Morgan fingerprint density at radius 3 is 2.38 bits per heavy atom. The summed E-state index contributed by atoms with van der Waals surface area (Å²) in [7, 11) is 0. The number of piperidine rings is 3. The van der Waals surface area contributed by atoms with E-state index in [4.69, 9.17) is 4.74 Å². The number of nitrogens with zero attached hydrogens (tertiary/aromatic N) is 3. The summed E-state index contributed by atoms with van der Waals surface area (Å²) in [6.07, 6.45) is 3.81. The second kappa shape index (κ2) is 9.15. The fraction of sp³-hybridized carbons (Fsp3) is 0.593. The summed E-state index contributed by atoms with van der Waals surface area (Å²) in [4.78, 5) is 67.7. The van der Waals surface area contributed by atoms with E-state index in [1.54, 1.807) is 17.0 Å². The van der Waals surface area contributed by atoms with E-state index in [2.05, 4.69) is 10.2 Å². The summed E-state index contributed by atoms with van der Waals surface area (Å²) in [5.41, 5.74) is 1.02. The zero-order chi connectivity index (χ0) is 26.5. The maximum absolute atomic E-state index is 13.2. The van der Waals surface area contributed by atoms with Crippen LogP contribution < -0.4 is 10.2 Å². The van der Waals surface area contributed by atoms with Crippen molar-refractivity contribution in [2.45, 2.75) is 70.9 Å². The Balaban J connectivity index is 1.28. The molecule has 5 amide bonds. The van der Waals surface area contributed by atoms with Crippen molar-refractivity contribution >= 4 is 35.4 Å². The van der Waals surface area contributed by atoms with Crippen LogP contribution in [0.1, 0.15) is 80.0 Å². The number of benzene rings is 1. The maximum atomic E-state index is 13.2. The molecule has 0 aromatic heterocycles. The van der Waals surface area contributed by atoms with Gasteiger partial charge in [-0.15, -0.1) is 0 Å². The van der Waals surface area contributed by atoms with Gasteiger partial charge >= 0.3 is 6.09 Å². The lowest BCUT2D eigenvalue weighted by molar-refractivity contribution is -0.136. The minimum Gasteiger partial charge on any atom is -0.444 e. The number of ether oxygens (including phenoxy) is 1. The van der Waals surface area contributed by atoms with Crippen LogP contribution in [0.2, 0.25) is 0 Å². The summed E-state index contributed by atoms with van der Waals surface area (Å²) in [5, 5.41) is 2.23. The van der Waals surface area contributed by atoms with Gasteiger partial charge in [-0.1, -0.05) is 0 Å². The number of amides is 5. The van der Waals surface area contributed by atoms with Crippen molar-refractivity contribution in [3.8, 4) is 0 Å². The third-order valence-electron chi connectivity index (χ3n) is 7.93. The molecule has 5 rings (SSSR count). The molecule has 1 aromatic rings. The monoisotopic (exact) mass is 510 g/mol. The van der Waals surface area contributed by atoms with Gasteiger partial charge in [0.05, 0.1) is 11.1 Å². The predicted molar refractivity (Wildman–Crippen MR) is 134 cm³/mol. The molecule has 198 valence electrons. The molecular weight excluding hydrogens is 476 g/mol. The number of hydrogen-bond donors (Lipinski definition) is 1. The van der Waals surface area contributed by atoms with Gasteiger partial charge in [-0.25, -0.2) is 4.79 Å². The van der Waals surface area contributed by atoms with Gasteiger partial charge in [0.2, 0.25) is 11.8 Å². The maximum Gasteiger partial charge on any atom is 0.410 e. The van der Waals surface area contributed by atoms with Gasteiger partial charge in [0.15, 0.2) is 0 Å². The molecule has 1 unspecified atom stereocenters. The van der Waals surface area contributed by atoms with E-state index in [0.717, 1.165) is 49.4 Å². The van der Waals surface area contributed by atoms with Crippen LogP contribution in [-0.2, 0) is 14.3 Å². The highest BCUT2D eigenvalue weighted by atomic mass is 16.6. The summed E-state index contributed by atoms with van der Waals surface area (Å²) in [5.74, 6) is -1.99. The Kier molecular flexibility index (Phi) is 6.24. The van der Waals surface area contributed by atoms with Gasteiger partial charge in [-0.2, -0.15) is 0 Å². The van der Waals surface area contributed by atoms with E-state index in [0.29, 0.717) is 18.7 Å². The predicted octanol–water partition coefficient (Wildman–Crippen LogP) is 2.71. The molecule has 3 fully saturated rings. The molecule has 0 bridgehead atoms. The van der Waals surface area contributed by atoms with Crippen LogP contribution in [0.3, 0.4) is 0 Å². The Morgan fingerprint density at radius 1 is 1.00 bits per heavy atom. The van der Waals surface area contributed by atoms with E-state index in [-0.39, 0.29) is 29.9 Å². The zero-order valence-corrected chi connectivity index (χ0v) is 21.7. The van der Waals surface area contributed by atoms with Crippen molar-refractivity contribution in [1.82, 2.24) is 15.1 Å². The van der Waals surface area contributed by atoms with Crippen LogP contribution >= 0.6 is 0 Å². The zero-order valence-electron chi connectivity index (χ0n) is 21.7. The van der Waals surface area contributed by atoms with Crippen LogP contribution in [-0.4, -0.2) is 77.3 Å². The van der Waals surface area contributed by atoms with Crippen LogP contribution in [0.15, 0.2) is 18.2 Å². The molecule has 10 heteroatoms.